The summed E-state index contributed by atoms with van der Waals surface area (Å²) in [6.07, 6.45) is 0. The van der Waals surface area contributed by atoms with E-state index >= 15 is 0 Å². The van der Waals surface area contributed by atoms with Gasteiger partial charge in [0, 0.05) is 26.2 Å². The van der Waals surface area contributed by atoms with Gasteiger partial charge in [-0.1, -0.05) is 0 Å². The second-order valence-electron chi connectivity index (χ2n) is 4.15. The van der Waals surface area contributed by atoms with E-state index < -0.39 is 0 Å². The second kappa shape index (κ2) is 6.45. The van der Waals surface area contributed by atoms with Gasteiger partial charge in [0.15, 0.2) is 0 Å². The molecule has 0 atom stereocenters. The molecule has 2 rings (SSSR count). The highest BCUT2D eigenvalue weighted by Gasteiger charge is 2.07. The lowest BCUT2D eigenvalue weighted by Gasteiger charge is -2.13. The van der Waals surface area contributed by atoms with Crippen molar-refractivity contribution in [3.63, 3.8) is 0 Å². The molecule has 6 heteroatoms. The van der Waals surface area contributed by atoms with Crippen molar-refractivity contribution in [3.8, 4) is 11.3 Å². The molecule has 2 N–H and O–H groups in total. The minimum absolute atomic E-state index is 0. The van der Waals surface area contributed by atoms with Crippen LogP contribution in [0.1, 0.15) is 5.69 Å². The van der Waals surface area contributed by atoms with Crippen LogP contribution in [0.4, 0.5) is 10.3 Å². The van der Waals surface area contributed by atoms with E-state index in [0.29, 0.717) is 12.5 Å². The summed E-state index contributed by atoms with van der Waals surface area (Å²) in [5.41, 5.74) is 7.97. The lowest BCUT2D eigenvalue weighted by atomic mass is 10.1. The van der Waals surface area contributed by atoms with Gasteiger partial charge >= 0.3 is 0 Å². The van der Waals surface area contributed by atoms with Crippen molar-refractivity contribution in [2.45, 2.75) is 6.54 Å². The summed E-state index contributed by atoms with van der Waals surface area (Å²) in [7, 11) is 3.73. The molecule has 1 heterocycles. The SMILES string of the molecule is CN(C)c1nc(CN)cc(-c2ccc(F)cc2)n1.Cl. The van der Waals surface area contributed by atoms with Crippen LogP contribution in [0.3, 0.4) is 0 Å². The Bertz CT molecular complexity index is 543. The molecular weight excluding hydrogens is 267 g/mol. The van der Waals surface area contributed by atoms with Crippen molar-refractivity contribution in [1.29, 1.82) is 0 Å². The highest BCUT2D eigenvalue weighted by Crippen LogP contribution is 2.20. The number of nitrogens with zero attached hydrogens (tertiary/aromatic N) is 3. The number of nitrogens with two attached hydrogens (primary N) is 1. The van der Waals surface area contributed by atoms with E-state index in [1.54, 1.807) is 12.1 Å². The molecule has 0 amide bonds. The minimum Gasteiger partial charge on any atom is -0.347 e. The molecule has 4 nitrogen and oxygen atoms in total. The van der Waals surface area contributed by atoms with Gasteiger partial charge in [0.1, 0.15) is 5.82 Å². The van der Waals surface area contributed by atoms with Crippen molar-refractivity contribution >= 4 is 18.4 Å². The van der Waals surface area contributed by atoms with Gasteiger partial charge in [-0.05, 0) is 30.3 Å². The summed E-state index contributed by atoms with van der Waals surface area (Å²) in [5, 5.41) is 0. The van der Waals surface area contributed by atoms with Gasteiger partial charge in [-0.2, -0.15) is 0 Å². The highest BCUT2D eigenvalue weighted by atomic mass is 35.5. The fourth-order valence-corrected chi connectivity index (χ4v) is 1.56. The molecular formula is C13H16ClFN4. The molecule has 0 aliphatic heterocycles. The predicted molar refractivity (Wildman–Crippen MR) is 76.9 cm³/mol. The summed E-state index contributed by atoms with van der Waals surface area (Å²) in [6, 6.07) is 8.03. The van der Waals surface area contributed by atoms with Crippen LogP contribution in [0, 0.1) is 5.82 Å². The molecule has 0 unspecified atom stereocenters. The van der Waals surface area contributed by atoms with Crippen LogP contribution in [0.25, 0.3) is 11.3 Å². The van der Waals surface area contributed by atoms with Crippen LogP contribution in [-0.2, 0) is 6.54 Å². The second-order valence-corrected chi connectivity index (χ2v) is 4.15. The summed E-state index contributed by atoms with van der Waals surface area (Å²) >= 11 is 0. The van der Waals surface area contributed by atoms with Gasteiger partial charge in [-0.25, -0.2) is 14.4 Å². The summed E-state index contributed by atoms with van der Waals surface area (Å²) in [5.74, 6) is 0.331. The summed E-state index contributed by atoms with van der Waals surface area (Å²) < 4.78 is 12.9. The van der Waals surface area contributed by atoms with E-state index in [4.69, 9.17) is 5.73 Å². The third-order valence-corrected chi connectivity index (χ3v) is 2.52. The average Bonchev–Trinajstić information content (AvgIpc) is 2.39. The fraction of sp³-hybridized carbons (Fsp3) is 0.231. The van der Waals surface area contributed by atoms with Crippen molar-refractivity contribution < 1.29 is 4.39 Å². The lowest BCUT2D eigenvalue weighted by Crippen LogP contribution is -2.15. The Kier molecular flexibility index (Phi) is 5.20. The van der Waals surface area contributed by atoms with Gasteiger partial charge in [0.05, 0.1) is 11.4 Å². The molecule has 1 aromatic heterocycles. The number of hydrogen-bond donors (Lipinski definition) is 1. The molecule has 0 bridgehead atoms. The van der Waals surface area contributed by atoms with Gasteiger partial charge in [-0.15, -0.1) is 12.4 Å². The summed E-state index contributed by atoms with van der Waals surface area (Å²) in [4.78, 5) is 10.5. The number of anilines is 1. The van der Waals surface area contributed by atoms with Crippen LogP contribution in [0.5, 0.6) is 0 Å². The molecule has 0 aliphatic carbocycles. The molecule has 102 valence electrons. The van der Waals surface area contributed by atoms with Crippen molar-refractivity contribution in [2.75, 3.05) is 19.0 Å². The van der Waals surface area contributed by atoms with E-state index in [2.05, 4.69) is 9.97 Å². The first-order chi connectivity index (χ1) is 8.60. The first-order valence-electron chi connectivity index (χ1n) is 5.61. The minimum atomic E-state index is -0.264. The molecule has 0 spiro atoms. The van der Waals surface area contributed by atoms with E-state index in [1.165, 1.54) is 12.1 Å². The fourth-order valence-electron chi connectivity index (χ4n) is 1.56. The number of hydrogen-bond acceptors (Lipinski definition) is 4. The topological polar surface area (TPSA) is 55.0 Å². The van der Waals surface area contributed by atoms with Crippen LogP contribution >= 0.6 is 12.4 Å². The van der Waals surface area contributed by atoms with Crippen LogP contribution in [0.15, 0.2) is 30.3 Å². The maximum Gasteiger partial charge on any atom is 0.225 e. The maximum atomic E-state index is 12.9. The van der Waals surface area contributed by atoms with Crippen LogP contribution in [0.2, 0.25) is 0 Å². The zero-order valence-electron chi connectivity index (χ0n) is 10.8. The van der Waals surface area contributed by atoms with Gasteiger partial charge < -0.3 is 10.6 Å². The molecule has 0 fully saturated rings. The lowest BCUT2D eigenvalue weighted by molar-refractivity contribution is 0.628. The zero-order chi connectivity index (χ0) is 13.1. The standard InChI is InChI=1S/C13H15FN4.ClH/c1-18(2)13-16-11(8-15)7-12(17-13)9-3-5-10(14)6-4-9;/h3-7H,8,15H2,1-2H3;1H. The molecule has 19 heavy (non-hydrogen) atoms. The molecule has 2 aromatic rings. The van der Waals surface area contributed by atoms with E-state index in [1.807, 2.05) is 25.1 Å². The number of rotatable bonds is 3. The van der Waals surface area contributed by atoms with Gasteiger partial charge in [-0.3, -0.25) is 0 Å². The maximum absolute atomic E-state index is 12.9. The summed E-state index contributed by atoms with van der Waals surface area (Å²) in [6.45, 7) is 0.345. The van der Waals surface area contributed by atoms with Crippen LogP contribution in [-0.4, -0.2) is 24.1 Å². The molecule has 0 saturated carbocycles. The van der Waals surface area contributed by atoms with E-state index in [-0.39, 0.29) is 18.2 Å². The Morgan fingerprint density at radius 1 is 1.16 bits per heavy atom. The van der Waals surface area contributed by atoms with E-state index in [0.717, 1.165) is 17.0 Å². The van der Waals surface area contributed by atoms with Gasteiger partial charge in [0.2, 0.25) is 5.95 Å². The predicted octanol–water partition coefficient (Wildman–Crippen LogP) is 2.23. The number of benzene rings is 1. The molecule has 0 saturated heterocycles. The Hall–Kier alpha value is -1.72. The Balaban J connectivity index is 0.00000180. The smallest absolute Gasteiger partial charge is 0.225 e. The van der Waals surface area contributed by atoms with Crippen LogP contribution < -0.4 is 10.6 Å². The van der Waals surface area contributed by atoms with Crippen molar-refractivity contribution in [1.82, 2.24) is 9.97 Å². The Morgan fingerprint density at radius 2 is 1.79 bits per heavy atom. The first kappa shape index (κ1) is 15.3. The van der Waals surface area contributed by atoms with E-state index in [9.17, 15) is 4.39 Å². The Morgan fingerprint density at radius 3 is 2.32 bits per heavy atom. The molecule has 0 radical (unpaired) electrons. The van der Waals surface area contributed by atoms with Gasteiger partial charge in [0.25, 0.3) is 0 Å². The highest BCUT2D eigenvalue weighted by molar-refractivity contribution is 5.85. The van der Waals surface area contributed by atoms with Crippen molar-refractivity contribution in [2.24, 2.45) is 5.73 Å². The zero-order valence-corrected chi connectivity index (χ0v) is 11.6. The van der Waals surface area contributed by atoms with Crippen molar-refractivity contribution in [3.05, 3.63) is 41.8 Å². The third kappa shape index (κ3) is 3.62. The normalized spacial score (nSPS) is 9.89. The monoisotopic (exact) mass is 282 g/mol. The largest absolute Gasteiger partial charge is 0.347 e. The number of halogens is 2. The number of aromatic nitrogens is 2. The Labute approximate surface area is 117 Å². The molecule has 0 aliphatic rings. The first-order valence-corrected chi connectivity index (χ1v) is 5.61. The third-order valence-electron chi connectivity index (χ3n) is 2.52. The molecule has 1 aromatic carbocycles. The quantitative estimate of drug-likeness (QED) is 0.938. The average molecular weight is 283 g/mol.